The first kappa shape index (κ1) is 19.2. The molecule has 0 spiro atoms. The minimum atomic E-state index is -0.306. The average Bonchev–Trinajstić information content (AvgIpc) is 3.18. The molecule has 1 saturated carbocycles. The Morgan fingerprint density at radius 2 is 1.96 bits per heavy atom. The minimum Gasteiger partial charge on any atom is -0.341 e. The molecule has 24 heavy (non-hydrogen) atoms. The summed E-state index contributed by atoms with van der Waals surface area (Å²) in [4.78, 5) is 17.0. The SMILES string of the molecule is Cl.NCCc1nc(C(=O)NC2(c3ccc(Cl)cc3)CCCC2)cs1. The van der Waals surface area contributed by atoms with E-state index in [1.165, 1.54) is 11.3 Å². The highest BCUT2D eigenvalue weighted by Gasteiger charge is 2.37. The summed E-state index contributed by atoms with van der Waals surface area (Å²) in [5.41, 5.74) is 6.84. The first-order valence-corrected chi connectivity index (χ1v) is 9.12. The Hall–Kier alpha value is -1.14. The van der Waals surface area contributed by atoms with Crippen LogP contribution in [0.1, 0.15) is 46.7 Å². The molecule has 4 nitrogen and oxygen atoms in total. The molecule has 0 bridgehead atoms. The van der Waals surface area contributed by atoms with Crippen molar-refractivity contribution in [3.05, 3.63) is 50.9 Å². The molecule has 0 atom stereocenters. The van der Waals surface area contributed by atoms with Gasteiger partial charge in [0.25, 0.3) is 5.91 Å². The van der Waals surface area contributed by atoms with Crippen LogP contribution in [0, 0.1) is 0 Å². The maximum absolute atomic E-state index is 12.6. The van der Waals surface area contributed by atoms with Crippen LogP contribution >= 0.6 is 35.3 Å². The lowest BCUT2D eigenvalue weighted by atomic mass is 9.88. The maximum Gasteiger partial charge on any atom is 0.271 e. The van der Waals surface area contributed by atoms with Crippen LogP contribution in [0.5, 0.6) is 0 Å². The van der Waals surface area contributed by atoms with Crippen LogP contribution in [0.25, 0.3) is 0 Å². The fourth-order valence-corrected chi connectivity index (χ4v) is 4.09. The third-order valence-electron chi connectivity index (χ3n) is 4.35. The summed E-state index contributed by atoms with van der Waals surface area (Å²) in [6.45, 7) is 0.545. The highest BCUT2D eigenvalue weighted by molar-refractivity contribution is 7.09. The van der Waals surface area contributed by atoms with Gasteiger partial charge in [-0.15, -0.1) is 23.7 Å². The molecule has 1 aromatic heterocycles. The van der Waals surface area contributed by atoms with Crippen LogP contribution < -0.4 is 11.1 Å². The smallest absolute Gasteiger partial charge is 0.271 e. The van der Waals surface area contributed by atoms with E-state index < -0.39 is 0 Å². The second-order valence-corrected chi connectivity index (χ2v) is 7.29. The zero-order valence-electron chi connectivity index (χ0n) is 13.3. The zero-order valence-corrected chi connectivity index (χ0v) is 15.6. The van der Waals surface area contributed by atoms with Gasteiger partial charge in [-0.2, -0.15) is 0 Å². The van der Waals surface area contributed by atoms with Crippen molar-refractivity contribution >= 4 is 41.3 Å². The fourth-order valence-electron chi connectivity index (χ4n) is 3.17. The molecule has 0 unspecified atom stereocenters. The van der Waals surface area contributed by atoms with Gasteiger partial charge in [0, 0.05) is 16.8 Å². The number of hydrogen-bond donors (Lipinski definition) is 2. The van der Waals surface area contributed by atoms with Crippen LogP contribution in [0.2, 0.25) is 5.02 Å². The lowest BCUT2D eigenvalue weighted by Crippen LogP contribution is -2.43. The number of nitrogens with one attached hydrogen (secondary N) is 1. The van der Waals surface area contributed by atoms with Gasteiger partial charge in [0.2, 0.25) is 0 Å². The van der Waals surface area contributed by atoms with Gasteiger partial charge in [0.05, 0.1) is 10.5 Å². The molecule has 1 fully saturated rings. The van der Waals surface area contributed by atoms with Crippen LogP contribution in [-0.2, 0) is 12.0 Å². The number of amides is 1. The molecule has 1 aromatic carbocycles. The average molecular weight is 386 g/mol. The van der Waals surface area contributed by atoms with Gasteiger partial charge >= 0.3 is 0 Å². The Balaban J connectivity index is 0.00000208. The molecule has 130 valence electrons. The third kappa shape index (κ3) is 4.09. The Bertz CT molecular complexity index is 681. The van der Waals surface area contributed by atoms with Crippen molar-refractivity contribution < 1.29 is 4.79 Å². The quantitative estimate of drug-likeness (QED) is 0.819. The van der Waals surface area contributed by atoms with E-state index in [9.17, 15) is 4.79 Å². The predicted octanol–water partition coefficient (Wildman–Crippen LogP) is 3.92. The first-order valence-electron chi connectivity index (χ1n) is 7.86. The summed E-state index contributed by atoms with van der Waals surface area (Å²) >= 11 is 7.48. The van der Waals surface area contributed by atoms with E-state index in [2.05, 4.69) is 10.3 Å². The number of nitrogens with two attached hydrogens (primary N) is 1. The summed E-state index contributed by atoms with van der Waals surface area (Å²) in [5, 5.41) is 6.66. The van der Waals surface area contributed by atoms with Crippen LogP contribution in [0.3, 0.4) is 0 Å². The van der Waals surface area contributed by atoms with Gasteiger partial charge in [-0.25, -0.2) is 4.98 Å². The van der Waals surface area contributed by atoms with Crippen molar-refractivity contribution in [1.29, 1.82) is 0 Å². The normalized spacial score (nSPS) is 15.8. The van der Waals surface area contributed by atoms with Gasteiger partial charge in [-0.05, 0) is 37.1 Å². The maximum atomic E-state index is 12.6. The molecule has 1 heterocycles. The lowest BCUT2D eigenvalue weighted by molar-refractivity contribution is 0.0893. The molecule has 0 radical (unpaired) electrons. The van der Waals surface area contributed by atoms with E-state index in [-0.39, 0.29) is 23.9 Å². The van der Waals surface area contributed by atoms with Gasteiger partial charge in [-0.3, -0.25) is 4.79 Å². The minimum absolute atomic E-state index is 0. The van der Waals surface area contributed by atoms with Gasteiger partial charge in [0.1, 0.15) is 5.69 Å². The van der Waals surface area contributed by atoms with Crippen LogP contribution in [0.15, 0.2) is 29.6 Å². The van der Waals surface area contributed by atoms with Crippen molar-refractivity contribution in [3.8, 4) is 0 Å². The van der Waals surface area contributed by atoms with Crippen molar-refractivity contribution in [2.24, 2.45) is 5.73 Å². The number of halogens is 2. The molecule has 0 aliphatic heterocycles. The summed E-state index contributed by atoms with van der Waals surface area (Å²) in [6.07, 6.45) is 4.82. The van der Waals surface area contributed by atoms with Crippen molar-refractivity contribution in [2.45, 2.75) is 37.6 Å². The fraction of sp³-hybridized carbons (Fsp3) is 0.412. The molecule has 3 rings (SSSR count). The molecule has 3 N–H and O–H groups in total. The number of hydrogen-bond acceptors (Lipinski definition) is 4. The second kappa shape index (κ2) is 8.30. The summed E-state index contributed by atoms with van der Waals surface area (Å²) in [7, 11) is 0. The molecule has 1 amide bonds. The van der Waals surface area contributed by atoms with E-state index in [1.807, 2.05) is 29.6 Å². The van der Waals surface area contributed by atoms with Crippen molar-refractivity contribution in [3.63, 3.8) is 0 Å². The lowest BCUT2D eigenvalue weighted by Gasteiger charge is -2.31. The predicted molar refractivity (Wildman–Crippen MR) is 101 cm³/mol. The number of nitrogens with zero attached hydrogens (tertiary/aromatic N) is 1. The second-order valence-electron chi connectivity index (χ2n) is 5.92. The third-order valence-corrected chi connectivity index (χ3v) is 5.51. The number of carbonyl (C=O) groups is 1. The number of carbonyl (C=O) groups excluding carboxylic acids is 1. The first-order chi connectivity index (χ1) is 11.1. The Morgan fingerprint density at radius 1 is 1.29 bits per heavy atom. The van der Waals surface area contributed by atoms with E-state index >= 15 is 0 Å². The number of benzene rings is 1. The standard InChI is InChI=1S/C17H20ClN3OS.ClH/c18-13-5-3-12(4-6-13)17(8-1-2-9-17)21-16(22)14-11-23-15(20-14)7-10-19;/h3-6,11H,1-2,7-10,19H2,(H,21,22);1H. The Kier molecular flexibility index (Phi) is 6.63. The summed E-state index contributed by atoms with van der Waals surface area (Å²) in [6, 6.07) is 7.78. The Morgan fingerprint density at radius 3 is 2.58 bits per heavy atom. The molecular formula is C17H21Cl2N3OS. The van der Waals surface area contributed by atoms with Crippen molar-refractivity contribution in [1.82, 2.24) is 10.3 Å². The molecule has 1 aliphatic carbocycles. The summed E-state index contributed by atoms with van der Waals surface area (Å²) < 4.78 is 0. The molecule has 0 saturated heterocycles. The van der Waals surface area contributed by atoms with Gasteiger partial charge < -0.3 is 11.1 Å². The largest absolute Gasteiger partial charge is 0.341 e. The van der Waals surface area contributed by atoms with Crippen LogP contribution in [0.4, 0.5) is 0 Å². The molecule has 2 aromatic rings. The summed E-state index contributed by atoms with van der Waals surface area (Å²) in [5.74, 6) is -0.110. The van der Waals surface area contributed by atoms with Crippen LogP contribution in [-0.4, -0.2) is 17.4 Å². The van der Waals surface area contributed by atoms with Gasteiger partial charge in [-0.1, -0.05) is 36.6 Å². The molecule has 1 aliphatic rings. The number of thiazole rings is 1. The van der Waals surface area contributed by atoms with E-state index in [0.717, 1.165) is 36.3 Å². The van der Waals surface area contributed by atoms with E-state index in [0.29, 0.717) is 23.7 Å². The monoisotopic (exact) mass is 385 g/mol. The van der Waals surface area contributed by atoms with Crippen molar-refractivity contribution in [2.75, 3.05) is 6.54 Å². The van der Waals surface area contributed by atoms with Gasteiger partial charge in [0.15, 0.2) is 0 Å². The van der Waals surface area contributed by atoms with E-state index in [4.69, 9.17) is 17.3 Å². The highest BCUT2D eigenvalue weighted by Crippen LogP contribution is 2.39. The molecular weight excluding hydrogens is 365 g/mol. The Labute approximate surface area is 157 Å². The highest BCUT2D eigenvalue weighted by atomic mass is 35.5. The molecule has 7 heteroatoms. The number of aromatic nitrogens is 1. The zero-order chi connectivity index (χ0) is 16.3. The number of rotatable bonds is 5. The van der Waals surface area contributed by atoms with E-state index in [1.54, 1.807) is 0 Å². The topological polar surface area (TPSA) is 68.0 Å².